The summed E-state index contributed by atoms with van der Waals surface area (Å²) in [6.45, 7) is 8.07. The van der Waals surface area contributed by atoms with E-state index < -0.39 is 0 Å². The number of amides is 2. The molecule has 0 bridgehead atoms. The first-order valence-corrected chi connectivity index (χ1v) is 12.8. The lowest BCUT2D eigenvalue weighted by atomic mass is 9.95. The molecule has 9 nitrogen and oxygen atoms in total. The molecule has 4 aromatic rings. The van der Waals surface area contributed by atoms with Crippen molar-refractivity contribution in [3.05, 3.63) is 65.6 Å². The average Bonchev–Trinajstić information content (AvgIpc) is 3.53. The molecule has 1 aliphatic rings. The number of rotatable bonds is 6. The Hall–Kier alpha value is -4.01. The zero-order valence-electron chi connectivity index (χ0n) is 21.8. The van der Waals surface area contributed by atoms with Crippen LogP contribution in [0.2, 0.25) is 0 Å². The van der Waals surface area contributed by atoms with Crippen LogP contribution >= 0.6 is 0 Å². The lowest BCUT2D eigenvalue weighted by Gasteiger charge is -2.32. The van der Waals surface area contributed by atoms with Gasteiger partial charge in [-0.15, -0.1) is 0 Å². The van der Waals surface area contributed by atoms with Gasteiger partial charge in [-0.05, 0) is 51.2 Å². The first kappa shape index (κ1) is 24.7. The molecule has 3 aromatic heterocycles. The zero-order chi connectivity index (χ0) is 26.1. The third-order valence-electron chi connectivity index (χ3n) is 7.13. The number of benzene rings is 1. The fraction of sp³-hybridized carbons (Fsp3) is 0.393. The number of nitrogens with one attached hydrogen (secondary N) is 1. The van der Waals surface area contributed by atoms with Crippen LogP contribution in [0.4, 0.5) is 0 Å². The van der Waals surface area contributed by atoms with E-state index in [4.69, 9.17) is 4.98 Å². The third kappa shape index (κ3) is 4.98. The second kappa shape index (κ2) is 10.2. The fourth-order valence-electron chi connectivity index (χ4n) is 4.96. The van der Waals surface area contributed by atoms with Crippen molar-refractivity contribution in [2.45, 2.75) is 39.7 Å². The maximum absolute atomic E-state index is 13.8. The predicted molar refractivity (Wildman–Crippen MR) is 142 cm³/mol. The summed E-state index contributed by atoms with van der Waals surface area (Å²) in [6, 6.07) is 10.1. The molecule has 1 aromatic carbocycles. The van der Waals surface area contributed by atoms with Gasteiger partial charge in [-0.3, -0.25) is 14.3 Å². The van der Waals surface area contributed by atoms with Crippen LogP contribution in [0.1, 0.15) is 59.0 Å². The van der Waals surface area contributed by atoms with Crippen LogP contribution in [-0.2, 0) is 7.05 Å². The molecule has 0 radical (unpaired) electrons. The number of aryl methyl sites for hydroxylation is 2. The molecule has 0 unspecified atom stereocenters. The fourth-order valence-corrected chi connectivity index (χ4v) is 4.96. The summed E-state index contributed by atoms with van der Waals surface area (Å²) in [5, 5.41) is 12.4. The number of aromatic nitrogens is 5. The number of nitrogens with zero attached hydrogens (tertiary/aromatic N) is 6. The van der Waals surface area contributed by atoms with Gasteiger partial charge < -0.3 is 10.2 Å². The van der Waals surface area contributed by atoms with Crippen LogP contribution in [0.5, 0.6) is 0 Å². The highest BCUT2D eigenvalue weighted by molar-refractivity contribution is 6.06. The van der Waals surface area contributed by atoms with E-state index in [-0.39, 0.29) is 17.9 Å². The van der Waals surface area contributed by atoms with E-state index in [2.05, 4.69) is 42.4 Å². The Morgan fingerprint density at radius 2 is 1.86 bits per heavy atom. The van der Waals surface area contributed by atoms with Crippen LogP contribution in [0.15, 0.2) is 48.9 Å². The summed E-state index contributed by atoms with van der Waals surface area (Å²) in [6.07, 6.45) is 6.71. The molecular formula is C28H33N7O2. The average molecular weight is 500 g/mol. The van der Waals surface area contributed by atoms with Gasteiger partial charge in [-0.25, -0.2) is 9.67 Å². The Kier molecular flexibility index (Phi) is 6.78. The van der Waals surface area contributed by atoms with Crippen LogP contribution in [0.3, 0.4) is 0 Å². The molecule has 192 valence electrons. The van der Waals surface area contributed by atoms with E-state index in [1.165, 1.54) is 0 Å². The molecule has 1 aliphatic heterocycles. The molecule has 0 saturated carbocycles. The Morgan fingerprint density at radius 1 is 1.11 bits per heavy atom. The van der Waals surface area contributed by atoms with Crippen molar-refractivity contribution in [3.63, 3.8) is 0 Å². The van der Waals surface area contributed by atoms with Crippen LogP contribution in [-0.4, -0.2) is 60.9 Å². The van der Waals surface area contributed by atoms with Crippen LogP contribution < -0.4 is 5.32 Å². The van der Waals surface area contributed by atoms with Gasteiger partial charge in [0.15, 0.2) is 5.65 Å². The molecule has 4 heterocycles. The zero-order valence-corrected chi connectivity index (χ0v) is 21.8. The molecule has 0 atom stereocenters. The number of pyridine rings is 1. The van der Waals surface area contributed by atoms with E-state index >= 15 is 0 Å². The van der Waals surface area contributed by atoms with E-state index in [0.29, 0.717) is 36.7 Å². The number of piperidine rings is 1. The van der Waals surface area contributed by atoms with Crippen molar-refractivity contribution in [1.82, 2.24) is 34.8 Å². The topological polar surface area (TPSA) is 97.9 Å². The maximum Gasteiger partial charge on any atom is 0.254 e. The number of fused-ring (bicyclic) bond motifs is 1. The molecule has 9 heteroatoms. The van der Waals surface area contributed by atoms with Gasteiger partial charge >= 0.3 is 0 Å². The first-order chi connectivity index (χ1) is 17.8. The summed E-state index contributed by atoms with van der Waals surface area (Å²) in [4.78, 5) is 33.0. The van der Waals surface area contributed by atoms with Crippen molar-refractivity contribution in [2.24, 2.45) is 13.0 Å². The van der Waals surface area contributed by atoms with Gasteiger partial charge in [0, 0.05) is 44.5 Å². The lowest BCUT2D eigenvalue weighted by molar-refractivity contribution is 0.0686. The lowest BCUT2D eigenvalue weighted by Crippen LogP contribution is -2.41. The largest absolute Gasteiger partial charge is 0.352 e. The molecule has 37 heavy (non-hydrogen) atoms. The number of hydrogen-bond acceptors (Lipinski definition) is 5. The molecule has 1 saturated heterocycles. The van der Waals surface area contributed by atoms with E-state index in [1.807, 2.05) is 33.8 Å². The van der Waals surface area contributed by atoms with Gasteiger partial charge in [0.1, 0.15) is 0 Å². The first-order valence-electron chi connectivity index (χ1n) is 12.8. The number of likely N-dealkylation sites (tertiary alicyclic amines) is 1. The molecule has 0 aliphatic carbocycles. The number of carbonyl (C=O) groups is 2. The second-order valence-electron chi connectivity index (χ2n) is 10.1. The normalized spacial score (nSPS) is 14.5. The summed E-state index contributed by atoms with van der Waals surface area (Å²) in [5.41, 5.74) is 4.83. The van der Waals surface area contributed by atoms with Gasteiger partial charge in [0.25, 0.3) is 11.8 Å². The smallest absolute Gasteiger partial charge is 0.254 e. The summed E-state index contributed by atoms with van der Waals surface area (Å²) in [5.74, 6) is 0.216. The number of carbonyl (C=O) groups excluding carboxylic acids is 2. The maximum atomic E-state index is 13.8. The number of hydrogen-bond donors (Lipinski definition) is 1. The van der Waals surface area contributed by atoms with Gasteiger partial charge in [0.2, 0.25) is 0 Å². The molecule has 1 fully saturated rings. The Labute approximate surface area is 216 Å². The van der Waals surface area contributed by atoms with Crippen LogP contribution in [0.25, 0.3) is 22.3 Å². The molecule has 2 amide bonds. The van der Waals surface area contributed by atoms with Crippen molar-refractivity contribution < 1.29 is 9.59 Å². The van der Waals surface area contributed by atoms with Crippen molar-refractivity contribution >= 4 is 22.8 Å². The molecule has 0 spiro atoms. The quantitative estimate of drug-likeness (QED) is 0.432. The van der Waals surface area contributed by atoms with Crippen molar-refractivity contribution in [3.8, 4) is 11.3 Å². The van der Waals surface area contributed by atoms with E-state index in [1.54, 1.807) is 30.3 Å². The summed E-state index contributed by atoms with van der Waals surface area (Å²) < 4.78 is 3.50. The highest BCUT2D eigenvalue weighted by Crippen LogP contribution is 2.30. The molecule has 1 N–H and O–H groups in total. The minimum atomic E-state index is -0.114. The van der Waals surface area contributed by atoms with E-state index in [0.717, 1.165) is 40.7 Å². The van der Waals surface area contributed by atoms with Gasteiger partial charge in [0.05, 0.1) is 34.6 Å². The molecular weight excluding hydrogens is 466 g/mol. The van der Waals surface area contributed by atoms with Crippen molar-refractivity contribution in [1.29, 1.82) is 0 Å². The minimum Gasteiger partial charge on any atom is -0.352 e. The van der Waals surface area contributed by atoms with E-state index in [9.17, 15) is 9.59 Å². The monoisotopic (exact) mass is 499 g/mol. The third-order valence-corrected chi connectivity index (χ3v) is 7.13. The van der Waals surface area contributed by atoms with Crippen molar-refractivity contribution in [2.75, 3.05) is 19.6 Å². The highest BCUT2D eigenvalue weighted by atomic mass is 16.2. The standard InChI is InChI=1S/C28H33N7O2/c1-18(2)35-26-24(16-31-35)23(13-25(32-26)22-8-6-5-7-19(22)3)28(37)34-11-9-20(10-12-34)14-29-27(36)21-15-30-33(4)17-21/h5-8,13,15-18,20H,9-12,14H2,1-4H3,(H,29,36). The Balaban J connectivity index is 1.34. The Bertz CT molecular complexity index is 1440. The van der Waals surface area contributed by atoms with Gasteiger partial charge in [-0.2, -0.15) is 10.2 Å². The van der Waals surface area contributed by atoms with Crippen LogP contribution in [0, 0.1) is 12.8 Å². The summed E-state index contributed by atoms with van der Waals surface area (Å²) >= 11 is 0. The Morgan fingerprint density at radius 3 is 2.54 bits per heavy atom. The molecule has 5 rings (SSSR count). The minimum absolute atomic E-state index is 0.00314. The second-order valence-corrected chi connectivity index (χ2v) is 10.1. The highest BCUT2D eigenvalue weighted by Gasteiger charge is 2.27. The SMILES string of the molecule is Cc1ccccc1-c1cc(C(=O)N2CCC(CNC(=O)c3cnn(C)c3)CC2)c2cnn(C(C)C)c2n1. The van der Waals surface area contributed by atoms with Gasteiger partial charge in [-0.1, -0.05) is 24.3 Å². The predicted octanol–water partition coefficient (Wildman–Crippen LogP) is 4.00. The summed E-state index contributed by atoms with van der Waals surface area (Å²) in [7, 11) is 1.79.